The van der Waals surface area contributed by atoms with Crippen molar-refractivity contribution in [2.75, 3.05) is 25.0 Å². The van der Waals surface area contributed by atoms with E-state index in [-0.39, 0.29) is 17.7 Å². The Balaban J connectivity index is 2.30. The first-order chi connectivity index (χ1) is 9.93. The number of hydrogen-bond acceptors (Lipinski definition) is 4. The molecule has 0 spiro atoms. The summed E-state index contributed by atoms with van der Waals surface area (Å²) in [5, 5.41) is 3.24. The van der Waals surface area contributed by atoms with Crippen molar-refractivity contribution >= 4 is 23.3 Å². The molecule has 2 heterocycles. The second-order valence-electron chi connectivity index (χ2n) is 5.88. The summed E-state index contributed by atoms with van der Waals surface area (Å²) in [7, 11) is 1.69. The lowest BCUT2D eigenvalue weighted by Crippen LogP contribution is -2.43. The van der Waals surface area contributed by atoms with Gasteiger partial charge in [-0.15, -0.1) is 0 Å². The minimum atomic E-state index is 0.0133. The van der Waals surface area contributed by atoms with E-state index in [9.17, 15) is 4.79 Å². The number of halogens is 1. The van der Waals surface area contributed by atoms with Crippen molar-refractivity contribution in [3.8, 4) is 0 Å². The van der Waals surface area contributed by atoms with Crippen molar-refractivity contribution < 1.29 is 4.79 Å². The van der Waals surface area contributed by atoms with Crippen molar-refractivity contribution in [1.82, 2.24) is 15.3 Å². The molecule has 5 nitrogen and oxygen atoms in total. The molecule has 1 unspecified atom stereocenters. The molecule has 1 saturated heterocycles. The number of hydrogen-bond donors (Lipinski definition) is 1. The first-order valence-corrected chi connectivity index (χ1v) is 7.82. The fraction of sp³-hybridized carbons (Fsp3) is 0.667. The summed E-state index contributed by atoms with van der Waals surface area (Å²) < 4.78 is 0. The summed E-state index contributed by atoms with van der Waals surface area (Å²) >= 11 is 6.25. The Bertz CT molecular complexity index is 533. The molecule has 1 aliphatic heterocycles. The maximum Gasteiger partial charge on any atom is 0.224 e. The van der Waals surface area contributed by atoms with E-state index in [2.05, 4.69) is 20.2 Å². The van der Waals surface area contributed by atoms with Gasteiger partial charge in [0.1, 0.15) is 16.8 Å². The minimum Gasteiger partial charge on any atom is -0.359 e. The normalized spacial score (nSPS) is 19.0. The molecule has 0 aliphatic carbocycles. The molecule has 0 aromatic carbocycles. The number of piperidine rings is 1. The Kier molecular flexibility index (Phi) is 5.04. The van der Waals surface area contributed by atoms with Crippen LogP contribution in [0.25, 0.3) is 0 Å². The average Bonchev–Trinajstić information content (AvgIpc) is 2.48. The van der Waals surface area contributed by atoms with Gasteiger partial charge in [-0.3, -0.25) is 4.79 Å². The van der Waals surface area contributed by atoms with Crippen molar-refractivity contribution in [3.63, 3.8) is 0 Å². The Morgan fingerprint density at radius 3 is 2.76 bits per heavy atom. The van der Waals surface area contributed by atoms with Crippen molar-refractivity contribution in [2.24, 2.45) is 5.92 Å². The molecule has 0 saturated carbocycles. The monoisotopic (exact) mass is 310 g/mol. The van der Waals surface area contributed by atoms with Gasteiger partial charge in [0, 0.05) is 31.6 Å². The highest BCUT2D eigenvalue weighted by Gasteiger charge is 2.27. The van der Waals surface area contributed by atoms with Crippen LogP contribution < -0.4 is 10.2 Å². The molecule has 0 radical (unpaired) electrons. The molecule has 1 N–H and O–H groups in total. The van der Waals surface area contributed by atoms with Crippen LogP contribution in [-0.4, -0.2) is 36.0 Å². The fourth-order valence-corrected chi connectivity index (χ4v) is 2.82. The third kappa shape index (κ3) is 3.46. The van der Waals surface area contributed by atoms with Crippen LogP contribution in [0, 0.1) is 12.8 Å². The molecule has 1 amide bonds. The molecule has 2 rings (SSSR count). The second kappa shape index (κ2) is 6.60. The molecule has 21 heavy (non-hydrogen) atoms. The molecule has 1 aromatic rings. The maximum absolute atomic E-state index is 11.9. The number of rotatable bonds is 3. The number of carbonyl (C=O) groups is 1. The van der Waals surface area contributed by atoms with Gasteiger partial charge in [-0.05, 0) is 19.8 Å². The van der Waals surface area contributed by atoms with Gasteiger partial charge in [0.15, 0.2) is 0 Å². The van der Waals surface area contributed by atoms with E-state index in [0.29, 0.717) is 11.7 Å². The van der Waals surface area contributed by atoms with Gasteiger partial charge in [0.2, 0.25) is 5.91 Å². The SMILES string of the molecule is CNC(=O)C1CCCN(c2nc(C(C)C)nc(Cl)c2C)C1. The number of anilines is 1. The zero-order valence-electron chi connectivity index (χ0n) is 13.1. The predicted octanol–water partition coefficient (Wildman–Crippen LogP) is 2.52. The molecule has 116 valence electrons. The standard InChI is InChI=1S/C15H23ClN4O/c1-9(2)13-18-12(16)10(3)14(19-13)20-7-5-6-11(8-20)15(21)17-4/h9,11H,5-8H2,1-4H3,(H,17,21). The molecule has 6 heteroatoms. The van der Waals surface area contributed by atoms with Gasteiger partial charge in [-0.25, -0.2) is 9.97 Å². The van der Waals surface area contributed by atoms with E-state index in [1.807, 2.05) is 20.8 Å². The van der Waals surface area contributed by atoms with Crippen LogP contribution in [0.4, 0.5) is 5.82 Å². The molecular formula is C15H23ClN4O. The van der Waals surface area contributed by atoms with E-state index >= 15 is 0 Å². The van der Waals surface area contributed by atoms with Gasteiger partial charge in [0.05, 0.1) is 5.92 Å². The molecular weight excluding hydrogens is 288 g/mol. The van der Waals surface area contributed by atoms with Crippen LogP contribution in [0.5, 0.6) is 0 Å². The second-order valence-corrected chi connectivity index (χ2v) is 6.23. The summed E-state index contributed by atoms with van der Waals surface area (Å²) in [5.41, 5.74) is 0.888. The summed E-state index contributed by atoms with van der Waals surface area (Å²) in [4.78, 5) is 23.1. The highest BCUT2D eigenvalue weighted by Crippen LogP contribution is 2.29. The van der Waals surface area contributed by atoms with Gasteiger partial charge < -0.3 is 10.2 Å². The Hall–Kier alpha value is -1.36. The number of amides is 1. The van der Waals surface area contributed by atoms with Crippen LogP contribution in [0.1, 0.15) is 44.0 Å². The van der Waals surface area contributed by atoms with Crippen LogP contribution in [0.15, 0.2) is 0 Å². The quantitative estimate of drug-likeness (QED) is 0.872. The van der Waals surface area contributed by atoms with E-state index < -0.39 is 0 Å². The summed E-state index contributed by atoms with van der Waals surface area (Å²) in [6.07, 6.45) is 1.90. The number of nitrogens with zero attached hydrogens (tertiary/aromatic N) is 3. The van der Waals surface area contributed by atoms with Gasteiger partial charge in [-0.2, -0.15) is 0 Å². The van der Waals surface area contributed by atoms with Crippen LogP contribution in [-0.2, 0) is 4.79 Å². The zero-order valence-corrected chi connectivity index (χ0v) is 13.9. The molecule has 1 atom stereocenters. The molecule has 0 bridgehead atoms. The number of aromatic nitrogens is 2. The highest BCUT2D eigenvalue weighted by molar-refractivity contribution is 6.30. The Morgan fingerprint density at radius 1 is 1.43 bits per heavy atom. The summed E-state index contributed by atoms with van der Waals surface area (Å²) in [5.74, 6) is 1.96. The van der Waals surface area contributed by atoms with E-state index in [1.165, 1.54) is 0 Å². The minimum absolute atomic E-state index is 0.0133. The smallest absolute Gasteiger partial charge is 0.224 e. The number of carbonyl (C=O) groups excluding carboxylic acids is 1. The molecule has 1 aliphatic rings. The van der Waals surface area contributed by atoms with E-state index in [0.717, 1.165) is 36.6 Å². The Morgan fingerprint density at radius 2 is 2.14 bits per heavy atom. The first kappa shape index (κ1) is 16.0. The van der Waals surface area contributed by atoms with Crippen LogP contribution in [0.3, 0.4) is 0 Å². The summed E-state index contributed by atoms with van der Waals surface area (Å²) in [6.45, 7) is 7.62. The van der Waals surface area contributed by atoms with Gasteiger partial charge in [-0.1, -0.05) is 25.4 Å². The fourth-order valence-electron chi connectivity index (χ4n) is 2.65. The molecule has 1 aromatic heterocycles. The predicted molar refractivity (Wildman–Crippen MR) is 84.9 cm³/mol. The topological polar surface area (TPSA) is 58.1 Å². The zero-order chi connectivity index (χ0) is 15.6. The lowest BCUT2D eigenvalue weighted by atomic mass is 9.97. The summed E-state index contributed by atoms with van der Waals surface area (Å²) in [6, 6.07) is 0. The maximum atomic E-state index is 11.9. The van der Waals surface area contributed by atoms with Gasteiger partial charge >= 0.3 is 0 Å². The first-order valence-electron chi connectivity index (χ1n) is 7.44. The lowest BCUT2D eigenvalue weighted by Gasteiger charge is -2.33. The third-order valence-electron chi connectivity index (χ3n) is 3.93. The van der Waals surface area contributed by atoms with E-state index in [1.54, 1.807) is 7.05 Å². The molecule has 1 fully saturated rings. The van der Waals surface area contributed by atoms with Crippen LogP contribution >= 0.6 is 11.6 Å². The van der Waals surface area contributed by atoms with Crippen molar-refractivity contribution in [1.29, 1.82) is 0 Å². The Labute approximate surface area is 131 Å². The highest BCUT2D eigenvalue weighted by atomic mass is 35.5. The largest absolute Gasteiger partial charge is 0.359 e. The third-order valence-corrected chi connectivity index (χ3v) is 4.30. The van der Waals surface area contributed by atoms with Gasteiger partial charge in [0.25, 0.3) is 0 Å². The number of nitrogens with one attached hydrogen (secondary N) is 1. The average molecular weight is 311 g/mol. The van der Waals surface area contributed by atoms with Crippen molar-refractivity contribution in [2.45, 2.75) is 39.5 Å². The van der Waals surface area contributed by atoms with Crippen molar-refractivity contribution in [3.05, 3.63) is 16.5 Å². The van der Waals surface area contributed by atoms with E-state index in [4.69, 9.17) is 11.6 Å². The lowest BCUT2D eigenvalue weighted by molar-refractivity contribution is -0.124. The van der Waals surface area contributed by atoms with Crippen LogP contribution in [0.2, 0.25) is 5.15 Å².